The summed E-state index contributed by atoms with van der Waals surface area (Å²) in [6, 6.07) is 13.6. The fourth-order valence-corrected chi connectivity index (χ4v) is 3.94. The summed E-state index contributed by atoms with van der Waals surface area (Å²) in [5, 5.41) is 16.3. The van der Waals surface area contributed by atoms with Crippen LogP contribution in [0.5, 0.6) is 0 Å². The minimum atomic E-state index is -0.324. The highest BCUT2D eigenvalue weighted by atomic mass is 32.1. The maximum Gasteiger partial charge on any atom is 0.291 e. The third-order valence-electron chi connectivity index (χ3n) is 4.34. The average molecular weight is 426 g/mol. The Kier molecular flexibility index (Phi) is 5.63. The molecule has 0 aliphatic heterocycles. The van der Waals surface area contributed by atoms with E-state index in [9.17, 15) is 4.79 Å². The van der Waals surface area contributed by atoms with Crippen molar-refractivity contribution >= 4 is 29.5 Å². The molecule has 29 heavy (non-hydrogen) atoms. The number of benzene rings is 1. The number of amides is 1. The van der Waals surface area contributed by atoms with Crippen LogP contribution in [0.15, 0.2) is 47.8 Å². The van der Waals surface area contributed by atoms with Gasteiger partial charge in [0.05, 0.1) is 10.6 Å². The van der Waals surface area contributed by atoms with Crippen molar-refractivity contribution in [3.05, 3.63) is 64.3 Å². The first-order valence-corrected chi connectivity index (χ1v) is 10.4. The molecule has 0 unspecified atom stereocenters. The molecule has 0 radical (unpaired) electrons. The lowest BCUT2D eigenvalue weighted by atomic mass is 10.3. The number of thiophene rings is 1. The van der Waals surface area contributed by atoms with E-state index in [0.29, 0.717) is 23.6 Å². The molecule has 4 rings (SSSR count). The van der Waals surface area contributed by atoms with Crippen molar-refractivity contribution in [2.75, 3.05) is 6.54 Å². The molecule has 2 N–H and O–H groups in total. The van der Waals surface area contributed by atoms with Crippen molar-refractivity contribution in [2.24, 2.45) is 0 Å². The number of rotatable bonds is 7. The molecule has 4 aromatic rings. The van der Waals surface area contributed by atoms with Crippen LogP contribution in [-0.4, -0.2) is 42.0 Å². The van der Waals surface area contributed by atoms with Crippen LogP contribution in [0.25, 0.3) is 16.4 Å². The summed E-state index contributed by atoms with van der Waals surface area (Å²) in [5.41, 5.74) is 0.848. The first kappa shape index (κ1) is 19.2. The fraction of sp³-hybridized carbons (Fsp3) is 0.211. The smallest absolute Gasteiger partial charge is 0.291 e. The topological polar surface area (TPSA) is 93.4 Å². The van der Waals surface area contributed by atoms with E-state index < -0.39 is 0 Å². The van der Waals surface area contributed by atoms with E-state index in [0.717, 1.165) is 22.9 Å². The number of nitrogens with zero attached hydrogens (tertiary/aromatic N) is 5. The summed E-state index contributed by atoms with van der Waals surface area (Å²) in [6.45, 7) is 3.14. The summed E-state index contributed by atoms with van der Waals surface area (Å²) in [4.78, 5) is 18.1. The molecule has 3 aromatic heterocycles. The largest absolute Gasteiger partial charge is 0.349 e. The second-order valence-corrected chi connectivity index (χ2v) is 7.51. The summed E-state index contributed by atoms with van der Waals surface area (Å²) < 4.78 is 4.18. The van der Waals surface area contributed by atoms with Gasteiger partial charge in [-0.3, -0.25) is 9.89 Å². The first-order valence-electron chi connectivity index (χ1n) is 9.16. The number of H-pyrrole nitrogens is 1. The zero-order chi connectivity index (χ0) is 20.2. The van der Waals surface area contributed by atoms with E-state index >= 15 is 0 Å². The summed E-state index contributed by atoms with van der Waals surface area (Å²) in [5.74, 6) is 1.25. The molecule has 3 heterocycles. The van der Waals surface area contributed by atoms with Gasteiger partial charge in [-0.15, -0.1) is 16.4 Å². The zero-order valence-electron chi connectivity index (χ0n) is 15.7. The maximum absolute atomic E-state index is 12.7. The minimum absolute atomic E-state index is 0.131. The fourth-order valence-electron chi connectivity index (χ4n) is 2.96. The van der Waals surface area contributed by atoms with Crippen LogP contribution in [0.4, 0.5) is 0 Å². The van der Waals surface area contributed by atoms with Crippen molar-refractivity contribution in [1.82, 2.24) is 34.8 Å². The molecule has 10 heteroatoms. The van der Waals surface area contributed by atoms with E-state index in [-0.39, 0.29) is 11.7 Å². The SMILES string of the molecule is CCn1c(CCNC(=O)c2nc(-c3cccs3)n(-c3ccccc3)n2)n[nH]c1=S. The molecule has 0 atom stereocenters. The third-order valence-corrected chi connectivity index (χ3v) is 5.52. The van der Waals surface area contributed by atoms with Crippen LogP contribution in [-0.2, 0) is 13.0 Å². The van der Waals surface area contributed by atoms with E-state index in [1.54, 1.807) is 16.0 Å². The number of nitrogens with one attached hydrogen (secondary N) is 2. The second-order valence-electron chi connectivity index (χ2n) is 6.18. The van der Waals surface area contributed by atoms with Gasteiger partial charge in [0.15, 0.2) is 10.6 Å². The van der Waals surface area contributed by atoms with Gasteiger partial charge in [-0.25, -0.2) is 9.67 Å². The van der Waals surface area contributed by atoms with Crippen LogP contribution < -0.4 is 5.32 Å². The highest BCUT2D eigenvalue weighted by molar-refractivity contribution is 7.71. The molecule has 0 bridgehead atoms. The van der Waals surface area contributed by atoms with Gasteiger partial charge < -0.3 is 9.88 Å². The lowest BCUT2D eigenvalue weighted by molar-refractivity contribution is 0.0943. The quantitative estimate of drug-likeness (QED) is 0.444. The molecule has 0 aliphatic carbocycles. The van der Waals surface area contributed by atoms with Crippen molar-refractivity contribution in [3.63, 3.8) is 0 Å². The Morgan fingerprint density at radius 1 is 1.24 bits per heavy atom. The normalized spacial score (nSPS) is 10.9. The Hall–Kier alpha value is -3.11. The summed E-state index contributed by atoms with van der Waals surface area (Å²) in [6.07, 6.45) is 0.559. The van der Waals surface area contributed by atoms with Gasteiger partial charge in [0, 0.05) is 19.5 Å². The van der Waals surface area contributed by atoms with Gasteiger partial charge in [0.25, 0.3) is 5.91 Å². The number of carbonyl (C=O) groups excluding carboxylic acids is 1. The standard InChI is InChI=1S/C19H19N7OS2/c1-2-25-15(22-23-19(25)28)10-11-20-18(27)16-21-17(14-9-6-12-29-14)26(24-16)13-7-4-3-5-8-13/h3-9,12H,2,10-11H2,1H3,(H,20,27)(H,23,28). The number of aromatic amines is 1. The van der Waals surface area contributed by atoms with Crippen LogP contribution in [0.3, 0.4) is 0 Å². The Morgan fingerprint density at radius 2 is 2.07 bits per heavy atom. The average Bonchev–Trinajstić information content (AvgIpc) is 3.48. The molecule has 1 aromatic carbocycles. The summed E-state index contributed by atoms with van der Waals surface area (Å²) in [7, 11) is 0. The van der Waals surface area contributed by atoms with Gasteiger partial charge >= 0.3 is 0 Å². The van der Waals surface area contributed by atoms with Crippen molar-refractivity contribution < 1.29 is 4.79 Å². The second kappa shape index (κ2) is 8.50. The molecule has 0 saturated carbocycles. The van der Waals surface area contributed by atoms with Gasteiger partial charge in [0.1, 0.15) is 5.82 Å². The lowest BCUT2D eigenvalue weighted by Gasteiger charge is -2.04. The monoisotopic (exact) mass is 425 g/mol. The Morgan fingerprint density at radius 3 is 2.79 bits per heavy atom. The number of hydrogen-bond acceptors (Lipinski definition) is 6. The van der Waals surface area contributed by atoms with Crippen molar-refractivity contribution in [3.8, 4) is 16.4 Å². The highest BCUT2D eigenvalue weighted by Crippen LogP contribution is 2.25. The van der Waals surface area contributed by atoms with Crippen LogP contribution in [0.1, 0.15) is 23.4 Å². The molecule has 0 aliphatic rings. The Balaban J connectivity index is 1.53. The van der Waals surface area contributed by atoms with E-state index in [4.69, 9.17) is 12.2 Å². The Bertz CT molecular complexity index is 1160. The Labute approximate surface area is 176 Å². The van der Waals surface area contributed by atoms with Gasteiger partial charge in [-0.2, -0.15) is 5.10 Å². The molecule has 0 spiro atoms. The third kappa shape index (κ3) is 4.03. The van der Waals surface area contributed by atoms with Crippen LogP contribution >= 0.6 is 23.6 Å². The van der Waals surface area contributed by atoms with Crippen LogP contribution in [0, 0.1) is 4.77 Å². The summed E-state index contributed by atoms with van der Waals surface area (Å²) >= 11 is 6.74. The minimum Gasteiger partial charge on any atom is -0.349 e. The van der Waals surface area contributed by atoms with Gasteiger partial charge in [-0.1, -0.05) is 24.3 Å². The predicted molar refractivity (Wildman–Crippen MR) is 114 cm³/mol. The molecular weight excluding hydrogens is 406 g/mol. The number of para-hydroxylation sites is 1. The molecular formula is C19H19N7OS2. The predicted octanol–water partition coefficient (Wildman–Crippen LogP) is 3.24. The first-order chi connectivity index (χ1) is 14.2. The molecule has 0 saturated heterocycles. The van der Waals surface area contributed by atoms with E-state index in [1.165, 1.54) is 0 Å². The number of hydrogen-bond donors (Lipinski definition) is 2. The molecule has 148 valence electrons. The van der Waals surface area contributed by atoms with E-state index in [2.05, 4.69) is 25.6 Å². The molecule has 8 nitrogen and oxygen atoms in total. The van der Waals surface area contributed by atoms with Gasteiger partial charge in [-0.05, 0) is 42.7 Å². The maximum atomic E-state index is 12.7. The molecule has 0 fully saturated rings. The number of aromatic nitrogens is 6. The van der Waals surface area contributed by atoms with Crippen LogP contribution in [0.2, 0.25) is 0 Å². The van der Waals surface area contributed by atoms with Gasteiger partial charge in [0.2, 0.25) is 5.82 Å². The van der Waals surface area contributed by atoms with Crippen molar-refractivity contribution in [2.45, 2.75) is 19.9 Å². The molecule has 1 amide bonds. The van der Waals surface area contributed by atoms with E-state index in [1.807, 2.05) is 59.3 Å². The lowest BCUT2D eigenvalue weighted by Crippen LogP contribution is -2.27. The number of carbonyl (C=O) groups is 1. The highest BCUT2D eigenvalue weighted by Gasteiger charge is 2.19. The van der Waals surface area contributed by atoms with Crippen molar-refractivity contribution in [1.29, 1.82) is 0 Å². The zero-order valence-corrected chi connectivity index (χ0v) is 17.3.